The third-order valence-corrected chi connectivity index (χ3v) is 4.67. The molecular formula is C21H23N3O. The lowest BCUT2D eigenvalue weighted by atomic mass is 10.1. The zero-order valence-corrected chi connectivity index (χ0v) is 14.3. The first kappa shape index (κ1) is 16.0. The van der Waals surface area contributed by atoms with E-state index in [1.54, 1.807) is 0 Å². The highest BCUT2D eigenvalue weighted by Gasteiger charge is 2.14. The minimum atomic E-state index is 0.378. The molecule has 0 radical (unpaired) electrons. The van der Waals surface area contributed by atoms with Gasteiger partial charge in [-0.2, -0.15) is 0 Å². The number of benzene rings is 2. The molecule has 0 bridgehead atoms. The van der Waals surface area contributed by atoms with E-state index in [9.17, 15) is 0 Å². The van der Waals surface area contributed by atoms with Crippen LogP contribution in [-0.2, 0) is 4.74 Å². The van der Waals surface area contributed by atoms with E-state index in [2.05, 4.69) is 11.4 Å². The van der Waals surface area contributed by atoms with Gasteiger partial charge in [0.2, 0.25) is 0 Å². The summed E-state index contributed by atoms with van der Waals surface area (Å²) in [6.07, 6.45) is 5.03. The van der Waals surface area contributed by atoms with Gasteiger partial charge in [0.1, 0.15) is 5.82 Å². The number of rotatable bonds is 5. The van der Waals surface area contributed by atoms with Crippen LogP contribution in [-0.4, -0.2) is 29.2 Å². The van der Waals surface area contributed by atoms with Crippen LogP contribution < -0.4 is 5.32 Å². The number of anilines is 1. The summed E-state index contributed by atoms with van der Waals surface area (Å²) in [5.41, 5.74) is 2.00. The van der Waals surface area contributed by atoms with E-state index in [1.807, 2.05) is 48.5 Å². The van der Waals surface area contributed by atoms with Crippen molar-refractivity contribution in [1.82, 2.24) is 9.97 Å². The van der Waals surface area contributed by atoms with Gasteiger partial charge in [-0.05, 0) is 37.8 Å². The van der Waals surface area contributed by atoms with Gasteiger partial charge in [0.05, 0.1) is 11.6 Å². The van der Waals surface area contributed by atoms with Gasteiger partial charge in [-0.25, -0.2) is 9.97 Å². The Morgan fingerprint density at radius 3 is 2.64 bits per heavy atom. The van der Waals surface area contributed by atoms with E-state index in [4.69, 9.17) is 14.7 Å². The zero-order chi connectivity index (χ0) is 16.9. The van der Waals surface area contributed by atoms with Gasteiger partial charge in [0.25, 0.3) is 0 Å². The maximum Gasteiger partial charge on any atom is 0.162 e. The molecule has 1 saturated heterocycles. The molecule has 0 amide bonds. The molecule has 1 atom stereocenters. The summed E-state index contributed by atoms with van der Waals surface area (Å²) in [6, 6.07) is 18.3. The van der Waals surface area contributed by atoms with E-state index >= 15 is 0 Å². The van der Waals surface area contributed by atoms with Gasteiger partial charge in [0, 0.05) is 24.1 Å². The van der Waals surface area contributed by atoms with Crippen LogP contribution in [0, 0.1) is 0 Å². The van der Waals surface area contributed by atoms with E-state index in [1.165, 1.54) is 19.3 Å². The second kappa shape index (κ2) is 7.62. The largest absolute Gasteiger partial charge is 0.378 e. The van der Waals surface area contributed by atoms with Crippen molar-refractivity contribution in [2.75, 3.05) is 18.5 Å². The van der Waals surface area contributed by atoms with Crippen molar-refractivity contribution in [3.05, 3.63) is 54.6 Å². The number of nitrogens with zero attached hydrogens (tertiary/aromatic N) is 2. The highest BCUT2D eigenvalue weighted by molar-refractivity contribution is 5.90. The summed E-state index contributed by atoms with van der Waals surface area (Å²) < 4.78 is 5.82. The zero-order valence-electron chi connectivity index (χ0n) is 14.3. The van der Waals surface area contributed by atoms with Crippen molar-refractivity contribution < 1.29 is 4.74 Å². The summed E-state index contributed by atoms with van der Waals surface area (Å²) in [5, 5.41) is 4.58. The van der Waals surface area contributed by atoms with Gasteiger partial charge < -0.3 is 10.1 Å². The van der Waals surface area contributed by atoms with Crippen LogP contribution in [0.5, 0.6) is 0 Å². The van der Waals surface area contributed by atoms with Crippen molar-refractivity contribution >= 4 is 16.7 Å². The molecule has 0 spiro atoms. The topological polar surface area (TPSA) is 47.0 Å². The lowest BCUT2D eigenvalue weighted by Crippen LogP contribution is -2.22. The van der Waals surface area contributed by atoms with Crippen molar-refractivity contribution in [3.8, 4) is 11.4 Å². The Balaban J connectivity index is 1.58. The molecule has 128 valence electrons. The minimum absolute atomic E-state index is 0.378. The molecule has 4 heteroatoms. The Morgan fingerprint density at radius 2 is 1.80 bits per heavy atom. The van der Waals surface area contributed by atoms with Crippen molar-refractivity contribution in [2.45, 2.75) is 31.8 Å². The van der Waals surface area contributed by atoms with Crippen LogP contribution in [0.3, 0.4) is 0 Å². The van der Waals surface area contributed by atoms with E-state index < -0.39 is 0 Å². The van der Waals surface area contributed by atoms with Crippen molar-refractivity contribution in [3.63, 3.8) is 0 Å². The molecule has 3 aromatic rings. The van der Waals surface area contributed by atoms with Crippen LogP contribution >= 0.6 is 0 Å². The minimum Gasteiger partial charge on any atom is -0.378 e. The van der Waals surface area contributed by atoms with Crippen LogP contribution in [0.25, 0.3) is 22.3 Å². The molecule has 4 nitrogen and oxygen atoms in total. The van der Waals surface area contributed by atoms with Gasteiger partial charge in [-0.3, -0.25) is 0 Å². The van der Waals surface area contributed by atoms with Crippen LogP contribution in [0.1, 0.15) is 25.7 Å². The highest BCUT2D eigenvalue weighted by atomic mass is 16.5. The number of hydrogen-bond donors (Lipinski definition) is 1. The molecule has 25 heavy (non-hydrogen) atoms. The van der Waals surface area contributed by atoms with Gasteiger partial charge >= 0.3 is 0 Å². The van der Waals surface area contributed by atoms with Crippen LogP contribution in [0.4, 0.5) is 5.82 Å². The van der Waals surface area contributed by atoms with Crippen molar-refractivity contribution in [2.24, 2.45) is 0 Å². The molecular weight excluding hydrogens is 310 g/mol. The molecule has 4 rings (SSSR count). The fourth-order valence-electron chi connectivity index (χ4n) is 3.31. The summed E-state index contributed by atoms with van der Waals surface area (Å²) >= 11 is 0. The van der Waals surface area contributed by atoms with E-state index in [-0.39, 0.29) is 0 Å². The van der Waals surface area contributed by atoms with Gasteiger partial charge in [-0.1, -0.05) is 42.5 Å². The Hall–Kier alpha value is -2.46. The Bertz CT molecular complexity index is 829. The number of nitrogens with one attached hydrogen (secondary N) is 1. The quantitative estimate of drug-likeness (QED) is 0.737. The average Bonchev–Trinajstić information content (AvgIpc) is 2.69. The smallest absolute Gasteiger partial charge is 0.162 e. The molecule has 2 aromatic carbocycles. The molecule has 1 aliphatic heterocycles. The first-order chi connectivity index (χ1) is 12.4. The fourth-order valence-corrected chi connectivity index (χ4v) is 3.31. The predicted molar refractivity (Wildman–Crippen MR) is 102 cm³/mol. The molecule has 0 saturated carbocycles. The second-order valence-corrected chi connectivity index (χ2v) is 6.48. The average molecular weight is 333 g/mol. The van der Waals surface area contributed by atoms with Crippen LogP contribution in [0.15, 0.2) is 54.6 Å². The van der Waals surface area contributed by atoms with Crippen LogP contribution in [0.2, 0.25) is 0 Å². The summed E-state index contributed by atoms with van der Waals surface area (Å²) in [7, 11) is 0. The maximum absolute atomic E-state index is 5.82. The number of fused-ring (bicyclic) bond motifs is 1. The molecule has 2 heterocycles. The first-order valence-corrected chi connectivity index (χ1v) is 9.08. The van der Waals surface area contributed by atoms with Crippen molar-refractivity contribution in [1.29, 1.82) is 0 Å². The maximum atomic E-state index is 5.82. The lowest BCUT2D eigenvalue weighted by molar-refractivity contribution is 0.0134. The fraction of sp³-hybridized carbons (Fsp3) is 0.333. The summed E-state index contributed by atoms with van der Waals surface area (Å²) in [5.74, 6) is 1.66. The molecule has 1 aromatic heterocycles. The molecule has 0 aliphatic carbocycles. The lowest BCUT2D eigenvalue weighted by Gasteiger charge is -2.22. The first-order valence-electron chi connectivity index (χ1n) is 9.08. The normalized spacial score (nSPS) is 17.5. The molecule has 1 unspecified atom stereocenters. The monoisotopic (exact) mass is 333 g/mol. The van der Waals surface area contributed by atoms with E-state index in [0.29, 0.717) is 6.10 Å². The SMILES string of the molecule is c1ccc(-c2nc(NCCC3CCCCO3)c3ccccc3n2)cc1. The number of para-hydroxylation sites is 1. The molecule has 1 fully saturated rings. The second-order valence-electron chi connectivity index (χ2n) is 6.48. The third-order valence-electron chi connectivity index (χ3n) is 4.67. The third kappa shape index (κ3) is 3.80. The summed E-state index contributed by atoms with van der Waals surface area (Å²) in [6.45, 7) is 1.76. The Kier molecular flexibility index (Phi) is 4.89. The molecule has 1 aliphatic rings. The number of hydrogen-bond acceptors (Lipinski definition) is 4. The van der Waals surface area contributed by atoms with Gasteiger partial charge in [-0.15, -0.1) is 0 Å². The predicted octanol–water partition coefficient (Wildman–Crippen LogP) is 4.67. The Labute approximate surface area is 148 Å². The number of aromatic nitrogens is 2. The highest BCUT2D eigenvalue weighted by Crippen LogP contribution is 2.25. The van der Waals surface area contributed by atoms with E-state index in [0.717, 1.165) is 47.7 Å². The Morgan fingerprint density at radius 1 is 0.960 bits per heavy atom. The molecule has 1 N–H and O–H groups in total. The standard InChI is InChI=1S/C21H23N3O/c1-2-8-16(9-3-1)20-23-19-12-5-4-11-18(19)21(24-20)22-14-13-17-10-6-7-15-25-17/h1-5,8-9,11-12,17H,6-7,10,13-15H2,(H,22,23,24). The van der Waals surface area contributed by atoms with Gasteiger partial charge in [0.15, 0.2) is 5.82 Å². The summed E-state index contributed by atoms with van der Waals surface area (Å²) in [4.78, 5) is 9.52. The number of ether oxygens (including phenoxy) is 1.